The second kappa shape index (κ2) is 4.79. The number of nitrogens with two attached hydrogens (primary N) is 1. The first kappa shape index (κ1) is 12.0. The normalized spacial score (nSPS) is 10.1. The molecule has 5 nitrogen and oxygen atoms in total. The molecule has 0 unspecified atom stereocenters. The lowest BCUT2D eigenvalue weighted by Crippen LogP contribution is -2.24. The predicted octanol–water partition coefficient (Wildman–Crippen LogP) is 1.88. The molecule has 2 aromatic rings. The van der Waals surface area contributed by atoms with Crippen molar-refractivity contribution in [3.8, 4) is 0 Å². The molecule has 6 heteroatoms. The van der Waals surface area contributed by atoms with Crippen LogP contribution < -0.4 is 10.6 Å². The van der Waals surface area contributed by atoms with Crippen LogP contribution in [0.1, 0.15) is 6.92 Å². The van der Waals surface area contributed by atoms with Crippen molar-refractivity contribution < 1.29 is 9.18 Å². The van der Waals surface area contributed by atoms with E-state index in [1.54, 1.807) is 6.07 Å². The van der Waals surface area contributed by atoms with E-state index in [0.717, 1.165) is 11.1 Å². The van der Waals surface area contributed by atoms with Crippen molar-refractivity contribution in [3.63, 3.8) is 0 Å². The Hall–Kier alpha value is -2.50. The number of pyridine rings is 2. The van der Waals surface area contributed by atoms with Crippen LogP contribution in [0.2, 0.25) is 0 Å². The minimum absolute atomic E-state index is 0.0931. The van der Waals surface area contributed by atoms with E-state index in [9.17, 15) is 9.18 Å². The van der Waals surface area contributed by atoms with Gasteiger partial charge in [-0.3, -0.25) is 14.7 Å². The average molecular weight is 246 g/mol. The van der Waals surface area contributed by atoms with Crippen LogP contribution in [0.15, 0.2) is 36.8 Å². The molecule has 2 aromatic heterocycles. The third-order valence-corrected chi connectivity index (χ3v) is 2.31. The van der Waals surface area contributed by atoms with E-state index in [2.05, 4.69) is 9.97 Å². The molecule has 2 heterocycles. The minimum Gasteiger partial charge on any atom is -0.399 e. The molecule has 0 bridgehead atoms. The number of nitrogen functional groups attached to an aromatic ring is 1. The van der Waals surface area contributed by atoms with Gasteiger partial charge >= 0.3 is 0 Å². The Labute approximate surface area is 103 Å². The number of rotatable bonds is 2. The molecule has 2 rings (SSSR count). The standard InChI is InChI=1S/C12H11FN4O/c1-8(18)17(11-3-4-15-7-10(11)13)12-6-9(14)2-5-16-12/h2-7H,1H3,(H2,14,16). The van der Waals surface area contributed by atoms with Crippen molar-refractivity contribution in [2.24, 2.45) is 0 Å². The van der Waals surface area contributed by atoms with E-state index in [1.807, 2.05) is 0 Å². The number of carbonyl (C=O) groups is 1. The van der Waals surface area contributed by atoms with Crippen LogP contribution in [0.4, 0.5) is 21.6 Å². The van der Waals surface area contributed by atoms with E-state index in [0.29, 0.717) is 5.69 Å². The highest BCUT2D eigenvalue weighted by molar-refractivity contribution is 5.98. The van der Waals surface area contributed by atoms with Gasteiger partial charge in [0.25, 0.3) is 0 Å². The third-order valence-electron chi connectivity index (χ3n) is 2.31. The van der Waals surface area contributed by atoms with Gasteiger partial charge in [-0.05, 0) is 12.1 Å². The molecule has 92 valence electrons. The molecule has 0 radical (unpaired) electrons. The summed E-state index contributed by atoms with van der Waals surface area (Å²) in [7, 11) is 0. The summed E-state index contributed by atoms with van der Waals surface area (Å²) >= 11 is 0. The Morgan fingerprint density at radius 1 is 1.39 bits per heavy atom. The Kier molecular flexibility index (Phi) is 3.18. The van der Waals surface area contributed by atoms with Crippen LogP contribution in [0.25, 0.3) is 0 Å². The number of hydrogen-bond donors (Lipinski definition) is 1. The van der Waals surface area contributed by atoms with Gasteiger partial charge in [-0.1, -0.05) is 0 Å². The Morgan fingerprint density at radius 2 is 2.17 bits per heavy atom. The molecule has 18 heavy (non-hydrogen) atoms. The number of halogens is 1. The number of carbonyl (C=O) groups excluding carboxylic acids is 1. The summed E-state index contributed by atoms with van der Waals surface area (Å²) in [5.74, 6) is -0.692. The summed E-state index contributed by atoms with van der Waals surface area (Å²) in [5.41, 5.74) is 6.17. The third kappa shape index (κ3) is 2.27. The van der Waals surface area contributed by atoms with Gasteiger partial charge in [0.05, 0.1) is 11.9 Å². The zero-order valence-electron chi connectivity index (χ0n) is 9.67. The van der Waals surface area contributed by atoms with Gasteiger partial charge in [-0.2, -0.15) is 0 Å². The number of aromatic nitrogens is 2. The first-order valence-corrected chi connectivity index (χ1v) is 5.21. The zero-order chi connectivity index (χ0) is 13.1. The lowest BCUT2D eigenvalue weighted by Gasteiger charge is -2.20. The van der Waals surface area contributed by atoms with Gasteiger partial charge < -0.3 is 5.73 Å². The van der Waals surface area contributed by atoms with E-state index in [-0.39, 0.29) is 17.4 Å². The van der Waals surface area contributed by atoms with E-state index >= 15 is 0 Å². The summed E-state index contributed by atoms with van der Waals surface area (Å²) in [6, 6.07) is 4.49. The molecule has 1 amide bonds. The largest absolute Gasteiger partial charge is 0.399 e. The fraction of sp³-hybridized carbons (Fsp3) is 0.0833. The summed E-state index contributed by atoms with van der Waals surface area (Å²) in [6.07, 6.45) is 3.90. The van der Waals surface area contributed by atoms with E-state index in [1.165, 1.54) is 31.5 Å². The van der Waals surface area contributed by atoms with Gasteiger partial charge in [0.2, 0.25) is 5.91 Å². The number of hydrogen-bond acceptors (Lipinski definition) is 4. The first-order valence-electron chi connectivity index (χ1n) is 5.21. The van der Waals surface area contributed by atoms with Crippen molar-refractivity contribution in [1.29, 1.82) is 0 Å². The first-order chi connectivity index (χ1) is 8.59. The Balaban J connectivity index is 2.54. The molecule has 0 saturated carbocycles. The van der Waals surface area contributed by atoms with Crippen LogP contribution in [0.5, 0.6) is 0 Å². The van der Waals surface area contributed by atoms with Crippen molar-refractivity contribution >= 4 is 23.1 Å². The number of anilines is 3. The molecule has 0 saturated heterocycles. The highest BCUT2D eigenvalue weighted by Crippen LogP contribution is 2.26. The topological polar surface area (TPSA) is 72.1 Å². The SMILES string of the molecule is CC(=O)N(c1cc(N)ccn1)c1ccncc1F. The van der Waals surface area contributed by atoms with E-state index in [4.69, 9.17) is 5.73 Å². The number of nitrogens with zero attached hydrogens (tertiary/aromatic N) is 3. The molecular formula is C12H11FN4O. The average Bonchev–Trinajstić information content (AvgIpc) is 2.32. The van der Waals surface area contributed by atoms with Crippen LogP contribution in [0, 0.1) is 5.82 Å². The second-order valence-electron chi connectivity index (χ2n) is 3.63. The molecule has 0 fully saturated rings. The summed E-state index contributed by atoms with van der Waals surface area (Å²) in [4.78, 5) is 20.5. The summed E-state index contributed by atoms with van der Waals surface area (Å²) in [6.45, 7) is 1.32. The summed E-state index contributed by atoms with van der Waals surface area (Å²) < 4.78 is 13.7. The molecule has 0 spiro atoms. The number of amides is 1. The van der Waals surface area contributed by atoms with Crippen molar-refractivity contribution in [2.45, 2.75) is 6.92 Å². The van der Waals surface area contributed by atoms with Crippen molar-refractivity contribution in [3.05, 3.63) is 42.6 Å². The highest BCUT2D eigenvalue weighted by atomic mass is 19.1. The maximum absolute atomic E-state index is 13.7. The smallest absolute Gasteiger partial charge is 0.229 e. The van der Waals surface area contributed by atoms with Gasteiger partial charge in [0.1, 0.15) is 5.82 Å². The maximum Gasteiger partial charge on any atom is 0.229 e. The Bertz CT molecular complexity index is 588. The molecule has 0 aliphatic heterocycles. The van der Waals surface area contributed by atoms with Gasteiger partial charge in [-0.15, -0.1) is 0 Å². The van der Waals surface area contributed by atoms with Gasteiger partial charge in [0.15, 0.2) is 5.82 Å². The van der Waals surface area contributed by atoms with Crippen molar-refractivity contribution in [2.75, 3.05) is 10.6 Å². The maximum atomic E-state index is 13.7. The Morgan fingerprint density at radius 3 is 2.78 bits per heavy atom. The molecular weight excluding hydrogens is 235 g/mol. The molecule has 0 atom stereocenters. The lowest BCUT2D eigenvalue weighted by molar-refractivity contribution is -0.115. The quantitative estimate of drug-likeness (QED) is 0.878. The fourth-order valence-electron chi connectivity index (χ4n) is 1.56. The lowest BCUT2D eigenvalue weighted by atomic mass is 10.3. The van der Waals surface area contributed by atoms with Crippen LogP contribution >= 0.6 is 0 Å². The monoisotopic (exact) mass is 246 g/mol. The van der Waals surface area contributed by atoms with Gasteiger partial charge in [0, 0.05) is 31.1 Å². The molecule has 0 aliphatic rings. The van der Waals surface area contributed by atoms with Crippen LogP contribution in [-0.2, 0) is 4.79 Å². The molecule has 2 N–H and O–H groups in total. The van der Waals surface area contributed by atoms with Gasteiger partial charge in [-0.25, -0.2) is 9.37 Å². The predicted molar refractivity (Wildman–Crippen MR) is 65.7 cm³/mol. The van der Waals surface area contributed by atoms with Crippen LogP contribution in [-0.4, -0.2) is 15.9 Å². The zero-order valence-corrected chi connectivity index (χ0v) is 9.67. The second-order valence-corrected chi connectivity index (χ2v) is 3.63. The minimum atomic E-state index is -0.600. The molecule has 0 aromatic carbocycles. The molecule has 0 aliphatic carbocycles. The van der Waals surface area contributed by atoms with Crippen LogP contribution in [0.3, 0.4) is 0 Å². The van der Waals surface area contributed by atoms with E-state index < -0.39 is 5.82 Å². The summed E-state index contributed by atoms with van der Waals surface area (Å²) in [5, 5.41) is 0. The van der Waals surface area contributed by atoms with Crippen molar-refractivity contribution in [1.82, 2.24) is 9.97 Å². The highest BCUT2D eigenvalue weighted by Gasteiger charge is 2.19. The fourth-order valence-corrected chi connectivity index (χ4v) is 1.56.